The van der Waals surface area contributed by atoms with Gasteiger partial charge in [-0.3, -0.25) is 4.79 Å². The average Bonchev–Trinajstić information content (AvgIpc) is 2.80. The lowest BCUT2D eigenvalue weighted by atomic mass is 10.0. The molecule has 1 fully saturated rings. The number of amides is 1. The van der Waals surface area contributed by atoms with E-state index in [0.29, 0.717) is 13.0 Å². The Hall–Kier alpha value is -1.07. The Kier molecular flexibility index (Phi) is 6.49. The highest BCUT2D eigenvalue weighted by Gasteiger charge is 2.24. The first-order valence-electron chi connectivity index (χ1n) is 7.15. The maximum atomic E-state index is 12.3. The lowest BCUT2D eigenvalue weighted by molar-refractivity contribution is -0.131. The Morgan fingerprint density at radius 1 is 1.45 bits per heavy atom. The van der Waals surface area contributed by atoms with Crippen molar-refractivity contribution in [3.8, 4) is 0 Å². The first-order valence-corrected chi connectivity index (χ1v) is 7.15. The van der Waals surface area contributed by atoms with Crippen molar-refractivity contribution >= 4 is 18.3 Å². The van der Waals surface area contributed by atoms with Crippen LogP contribution in [-0.2, 0) is 24.1 Å². The molecule has 1 saturated heterocycles. The molecule has 2 heterocycles. The minimum Gasteiger partial charge on any atom is -0.361 e. The molecule has 6 heteroatoms. The molecule has 0 radical (unpaired) electrons. The summed E-state index contributed by atoms with van der Waals surface area (Å²) < 4.78 is 5.30. The number of hydrogen-bond acceptors (Lipinski definition) is 4. The first kappa shape index (κ1) is 17.0. The highest BCUT2D eigenvalue weighted by Crippen LogP contribution is 2.18. The number of aryl methyl sites for hydroxylation is 2. The maximum Gasteiger partial charge on any atom is 0.227 e. The summed E-state index contributed by atoms with van der Waals surface area (Å²) >= 11 is 0. The van der Waals surface area contributed by atoms with E-state index in [4.69, 9.17) is 10.3 Å². The van der Waals surface area contributed by atoms with E-state index in [1.807, 2.05) is 18.7 Å². The van der Waals surface area contributed by atoms with Gasteiger partial charge >= 0.3 is 0 Å². The summed E-state index contributed by atoms with van der Waals surface area (Å²) in [5.41, 5.74) is 7.81. The van der Waals surface area contributed by atoms with Crippen molar-refractivity contribution in [3.63, 3.8) is 0 Å². The Balaban J connectivity index is 0.00000200. The molecule has 20 heavy (non-hydrogen) atoms. The zero-order valence-corrected chi connectivity index (χ0v) is 13.0. The van der Waals surface area contributed by atoms with Crippen LogP contribution in [0.1, 0.15) is 43.7 Å². The molecule has 2 rings (SSSR count). The number of carbonyl (C=O) groups excluding carboxylic acids is 1. The number of hydrogen-bond donors (Lipinski definition) is 1. The summed E-state index contributed by atoms with van der Waals surface area (Å²) in [5, 5.41) is 4.05. The van der Waals surface area contributed by atoms with Crippen molar-refractivity contribution in [1.82, 2.24) is 10.1 Å². The fourth-order valence-electron chi connectivity index (χ4n) is 2.64. The highest BCUT2D eigenvalue weighted by molar-refractivity contribution is 5.85. The summed E-state index contributed by atoms with van der Waals surface area (Å²) in [7, 11) is 0. The van der Waals surface area contributed by atoms with E-state index in [1.165, 1.54) is 0 Å². The van der Waals surface area contributed by atoms with Crippen LogP contribution < -0.4 is 5.73 Å². The Morgan fingerprint density at radius 2 is 2.20 bits per heavy atom. The van der Waals surface area contributed by atoms with Crippen LogP contribution in [0.5, 0.6) is 0 Å². The summed E-state index contributed by atoms with van der Waals surface area (Å²) in [6.07, 6.45) is 3.97. The molecule has 1 unspecified atom stereocenters. The van der Waals surface area contributed by atoms with Crippen LogP contribution in [0.4, 0.5) is 0 Å². The summed E-state index contributed by atoms with van der Waals surface area (Å²) in [5.74, 6) is 0.981. The molecule has 0 spiro atoms. The van der Waals surface area contributed by atoms with Crippen LogP contribution in [0.25, 0.3) is 0 Å². The Labute approximate surface area is 126 Å². The van der Waals surface area contributed by atoms with Gasteiger partial charge in [0.05, 0.1) is 12.1 Å². The van der Waals surface area contributed by atoms with Crippen molar-refractivity contribution in [2.45, 2.75) is 52.0 Å². The van der Waals surface area contributed by atoms with E-state index in [9.17, 15) is 4.79 Å². The SMILES string of the molecule is CCc1noc(CC)c1CC(=O)N1CCCC(N)C1.Cl. The fourth-order valence-corrected chi connectivity index (χ4v) is 2.64. The Morgan fingerprint density at radius 3 is 2.80 bits per heavy atom. The van der Waals surface area contributed by atoms with Gasteiger partial charge in [0.15, 0.2) is 0 Å². The second kappa shape index (κ2) is 7.64. The van der Waals surface area contributed by atoms with Gasteiger partial charge in [0.25, 0.3) is 0 Å². The predicted molar refractivity (Wildman–Crippen MR) is 80.0 cm³/mol. The lowest BCUT2D eigenvalue weighted by Crippen LogP contribution is -2.46. The lowest BCUT2D eigenvalue weighted by Gasteiger charge is -2.30. The van der Waals surface area contributed by atoms with Crippen LogP contribution >= 0.6 is 12.4 Å². The first-order chi connectivity index (χ1) is 9.15. The summed E-state index contributed by atoms with van der Waals surface area (Å²) in [4.78, 5) is 14.2. The standard InChI is InChI=1S/C14H23N3O2.ClH/c1-3-12-11(13(4-2)19-16-12)8-14(18)17-7-5-6-10(15)9-17;/h10H,3-9,15H2,1-2H3;1H. The second-order valence-electron chi connectivity index (χ2n) is 5.16. The van der Waals surface area contributed by atoms with Crippen LogP contribution in [0.2, 0.25) is 0 Å². The van der Waals surface area contributed by atoms with E-state index in [0.717, 1.165) is 49.2 Å². The van der Waals surface area contributed by atoms with Crippen LogP contribution in [0, 0.1) is 0 Å². The zero-order chi connectivity index (χ0) is 13.8. The van der Waals surface area contributed by atoms with Gasteiger partial charge in [0.1, 0.15) is 5.76 Å². The van der Waals surface area contributed by atoms with E-state index >= 15 is 0 Å². The van der Waals surface area contributed by atoms with Gasteiger partial charge in [-0.15, -0.1) is 12.4 Å². The fraction of sp³-hybridized carbons (Fsp3) is 0.714. The second-order valence-corrected chi connectivity index (χ2v) is 5.16. The smallest absolute Gasteiger partial charge is 0.227 e. The topological polar surface area (TPSA) is 72.4 Å². The molecule has 0 bridgehead atoms. The van der Waals surface area contributed by atoms with Gasteiger partial charge in [0, 0.05) is 31.1 Å². The van der Waals surface area contributed by atoms with Gasteiger partial charge in [-0.25, -0.2) is 0 Å². The number of likely N-dealkylation sites (tertiary alicyclic amines) is 1. The van der Waals surface area contributed by atoms with Crippen molar-refractivity contribution < 1.29 is 9.32 Å². The summed E-state index contributed by atoms with van der Waals surface area (Å²) in [6, 6.07) is 0.122. The van der Waals surface area contributed by atoms with Crippen LogP contribution in [0.15, 0.2) is 4.52 Å². The van der Waals surface area contributed by atoms with Crippen molar-refractivity contribution in [2.75, 3.05) is 13.1 Å². The molecule has 0 aliphatic carbocycles. The van der Waals surface area contributed by atoms with Crippen LogP contribution in [0.3, 0.4) is 0 Å². The molecular formula is C14H24ClN3O2. The molecule has 0 saturated carbocycles. The minimum atomic E-state index is 0. The predicted octanol–water partition coefficient (Wildman–Crippen LogP) is 1.71. The largest absolute Gasteiger partial charge is 0.361 e. The van der Waals surface area contributed by atoms with Crippen molar-refractivity contribution in [2.24, 2.45) is 5.73 Å². The van der Waals surface area contributed by atoms with Crippen LogP contribution in [-0.4, -0.2) is 35.1 Å². The van der Waals surface area contributed by atoms with E-state index < -0.39 is 0 Å². The molecule has 5 nitrogen and oxygen atoms in total. The van der Waals surface area contributed by atoms with Gasteiger partial charge in [-0.1, -0.05) is 19.0 Å². The van der Waals surface area contributed by atoms with E-state index in [1.54, 1.807) is 0 Å². The third-order valence-electron chi connectivity index (χ3n) is 3.75. The molecule has 1 aromatic heterocycles. The van der Waals surface area contributed by atoms with Gasteiger partial charge in [0.2, 0.25) is 5.91 Å². The molecule has 2 N–H and O–H groups in total. The normalized spacial score (nSPS) is 18.8. The number of piperidine rings is 1. The van der Waals surface area contributed by atoms with Gasteiger partial charge < -0.3 is 15.2 Å². The van der Waals surface area contributed by atoms with Crippen molar-refractivity contribution in [1.29, 1.82) is 0 Å². The molecule has 1 amide bonds. The van der Waals surface area contributed by atoms with E-state index in [2.05, 4.69) is 5.16 Å². The molecule has 1 aromatic rings. The molecule has 0 aromatic carbocycles. The number of aromatic nitrogens is 1. The summed E-state index contributed by atoms with van der Waals surface area (Å²) in [6.45, 7) is 5.54. The molecule has 114 valence electrons. The number of carbonyl (C=O) groups is 1. The van der Waals surface area contributed by atoms with Gasteiger partial charge in [-0.2, -0.15) is 0 Å². The zero-order valence-electron chi connectivity index (χ0n) is 12.2. The quantitative estimate of drug-likeness (QED) is 0.919. The Bertz CT molecular complexity index is 426. The molecule has 1 atom stereocenters. The number of rotatable bonds is 4. The van der Waals surface area contributed by atoms with E-state index in [-0.39, 0.29) is 24.4 Å². The van der Waals surface area contributed by atoms with Crippen molar-refractivity contribution in [3.05, 3.63) is 17.0 Å². The number of nitrogens with zero attached hydrogens (tertiary/aromatic N) is 2. The van der Waals surface area contributed by atoms with Gasteiger partial charge in [-0.05, 0) is 19.3 Å². The molecule has 1 aliphatic rings. The maximum absolute atomic E-state index is 12.3. The third-order valence-corrected chi connectivity index (χ3v) is 3.75. The third kappa shape index (κ3) is 3.73. The highest BCUT2D eigenvalue weighted by atomic mass is 35.5. The monoisotopic (exact) mass is 301 g/mol. The number of halogens is 1. The average molecular weight is 302 g/mol. The number of nitrogens with two attached hydrogens (primary N) is 1. The molecular weight excluding hydrogens is 278 g/mol. The minimum absolute atomic E-state index is 0. The molecule has 1 aliphatic heterocycles.